The first kappa shape index (κ1) is 12.4. The number of rotatable bonds is 1. The van der Waals surface area contributed by atoms with Gasteiger partial charge in [0, 0.05) is 0 Å². The second-order valence-electron chi connectivity index (χ2n) is 1.13. The van der Waals surface area contributed by atoms with Crippen LogP contribution in [0.25, 0.3) is 0 Å². The molecule has 0 fully saturated rings. The molecular weight excluding hydrogens is 209 g/mol. The molecule has 0 rings (SSSR count). The molecule has 7 nitrogen and oxygen atoms in total. The summed E-state index contributed by atoms with van der Waals surface area (Å²) < 4.78 is 31.9. The minimum atomic E-state index is -5.38. The third-order valence-electron chi connectivity index (χ3n) is 0.214. The van der Waals surface area contributed by atoms with Gasteiger partial charge in [0.25, 0.3) is 0 Å². The zero-order chi connectivity index (χ0) is 8.78. The zero-order valence-electron chi connectivity index (χ0n) is 4.93. The fraction of sp³-hybridized carbons (Fsp3) is 0.500. The van der Waals surface area contributed by atoms with Gasteiger partial charge in [0.2, 0.25) is 0 Å². The first-order valence-electron chi connectivity index (χ1n) is 2.05. The Bertz CT molecular complexity index is 130. The van der Waals surface area contributed by atoms with Crippen LogP contribution in [0.1, 0.15) is 0 Å². The Morgan fingerprint density at radius 2 is 1.70 bits per heavy atom. The summed E-state index contributed by atoms with van der Waals surface area (Å²) in [6, 6.07) is 0. The maximum Gasteiger partial charge on any atom is 0.359 e. The smallest absolute Gasteiger partial charge is 0.359 e. The maximum absolute atomic E-state index is 9.31. The van der Waals surface area contributed by atoms with Gasteiger partial charge in [-0.1, -0.05) is 0 Å². The molecule has 0 saturated carbocycles. The van der Waals surface area contributed by atoms with Crippen molar-refractivity contribution in [3.63, 3.8) is 0 Å². The normalized spacial score (nSPS) is 9.60. The van der Waals surface area contributed by atoms with Gasteiger partial charge in [0.1, 0.15) is 0 Å². The van der Waals surface area contributed by atoms with Gasteiger partial charge in [-0.2, -0.15) is 0 Å². The van der Waals surface area contributed by atoms with Gasteiger partial charge < -0.3 is 10.8 Å². The van der Waals surface area contributed by atoms with E-state index < -0.39 is 20.5 Å². The summed E-state index contributed by atoms with van der Waals surface area (Å²) >= 11 is -5.38. The van der Waals surface area contributed by atoms with Crippen molar-refractivity contribution in [3.05, 3.63) is 0 Å². The minimum Gasteiger partial charge on any atom is -0.477 e. The van der Waals surface area contributed by atoms with Gasteiger partial charge in [-0.3, -0.25) is 0 Å². The molecule has 0 heterocycles. The zero-order valence-corrected chi connectivity index (χ0v) is 6.80. The van der Waals surface area contributed by atoms with E-state index in [1.807, 2.05) is 0 Å². The fourth-order valence-electron chi connectivity index (χ4n) is 0. The molecule has 8 heteroatoms. The second kappa shape index (κ2) is 5.45. The van der Waals surface area contributed by atoms with Crippen LogP contribution in [0.2, 0.25) is 0 Å². The van der Waals surface area contributed by atoms with Gasteiger partial charge in [-0.25, -0.2) is 4.79 Å². The van der Waals surface area contributed by atoms with E-state index in [1.54, 1.807) is 0 Å². The van der Waals surface area contributed by atoms with E-state index in [-0.39, 0.29) is 6.54 Å². The topological polar surface area (TPSA) is 146 Å². The summed E-state index contributed by atoms with van der Waals surface area (Å²) in [6.07, 6.45) is 0. The molecule has 62 valence electrons. The summed E-state index contributed by atoms with van der Waals surface area (Å²) in [5, 5.41) is 7.66. The molecule has 0 atom stereocenters. The van der Waals surface area contributed by atoms with Gasteiger partial charge >= 0.3 is 36.5 Å². The molecule has 0 spiro atoms. The molecule has 0 aromatic heterocycles. The number of hydrogen-bond acceptors (Lipinski definition) is 3. The SMILES string of the molecule is O=[As]([O-])(O)O.[NH3+]CC(=O)O. The van der Waals surface area contributed by atoms with Gasteiger partial charge in [-0.15, -0.1) is 0 Å². The average molecular weight is 217 g/mol. The van der Waals surface area contributed by atoms with Crippen molar-refractivity contribution in [2.45, 2.75) is 0 Å². The summed E-state index contributed by atoms with van der Waals surface area (Å²) in [7, 11) is 0. The number of carbonyl (C=O) groups is 1. The molecule has 0 saturated heterocycles. The molecule has 0 bridgehead atoms. The second-order valence-corrected chi connectivity index (χ2v) is 3.19. The van der Waals surface area contributed by atoms with Crippen LogP contribution in [-0.4, -0.2) is 40.3 Å². The third kappa shape index (κ3) is 122. The largest absolute Gasteiger partial charge is 0.477 e. The van der Waals surface area contributed by atoms with Crippen molar-refractivity contribution < 1.29 is 31.7 Å². The molecule has 0 unspecified atom stereocenters. The maximum atomic E-state index is 9.31. The van der Waals surface area contributed by atoms with Crippen LogP contribution >= 0.6 is 0 Å². The Labute approximate surface area is 59.4 Å². The van der Waals surface area contributed by atoms with Crippen molar-refractivity contribution in [2.24, 2.45) is 0 Å². The Balaban J connectivity index is 0. The van der Waals surface area contributed by atoms with E-state index >= 15 is 0 Å². The summed E-state index contributed by atoms with van der Waals surface area (Å²) in [5.74, 6) is -0.856. The predicted molar refractivity (Wildman–Crippen MR) is 26.3 cm³/mol. The van der Waals surface area contributed by atoms with Crippen LogP contribution in [-0.2, 0) is 8.53 Å². The minimum absolute atomic E-state index is 0.0278. The Hall–Kier alpha value is -0.332. The van der Waals surface area contributed by atoms with Gasteiger partial charge in [0.05, 0.1) is 0 Å². The third-order valence-corrected chi connectivity index (χ3v) is 0.214. The quantitative estimate of drug-likeness (QED) is 0.325. The fourth-order valence-corrected chi connectivity index (χ4v) is 0. The van der Waals surface area contributed by atoms with Crippen molar-refractivity contribution in [3.8, 4) is 0 Å². The van der Waals surface area contributed by atoms with Crippen LogP contribution in [0.3, 0.4) is 0 Å². The van der Waals surface area contributed by atoms with E-state index in [0.717, 1.165) is 0 Å². The molecule has 0 aliphatic heterocycles. The Morgan fingerprint density at radius 3 is 1.70 bits per heavy atom. The summed E-state index contributed by atoms with van der Waals surface area (Å²) in [5.41, 5.74) is 3.09. The van der Waals surface area contributed by atoms with E-state index in [2.05, 4.69) is 5.73 Å². The van der Waals surface area contributed by atoms with Crippen molar-refractivity contribution in [1.82, 2.24) is 0 Å². The van der Waals surface area contributed by atoms with Crippen LogP contribution in [0.5, 0.6) is 0 Å². The molecule has 6 N–H and O–H groups in total. The number of carboxylic acids is 1. The van der Waals surface area contributed by atoms with Crippen molar-refractivity contribution >= 4 is 20.5 Å². The first-order valence-corrected chi connectivity index (χ1v) is 5.26. The molecule has 0 amide bonds. The number of carboxylic acid groups (broad SMARTS) is 1. The monoisotopic (exact) mass is 217 g/mol. The van der Waals surface area contributed by atoms with E-state index in [1.165, 1.54) is 0 Å². The van der Waals surface area contributed by atoms with E-state index in [9.17, 15) is 4.79 Å². The Kier molecular flexibility index (Phi) is 6.74. The molecule has 0 radical (unpaired) electrons. The summed E-state index contributed by atoms with van der Waals surface area (Å²) in [4.78, 5) is 9.31. The number of hydrogen-bond donors (Lipinski definition) is 4. The Morgan fingerprint density at radius 1 is 1.60 bits per heavy atom. The standard InChI is InChI=1S/C2H5NO2.AsH3O4/c3-1-2(4)5;2-1(3,4)5/h1,3H2,(H,4,5);(H3,2,3,4,5). The molecule has 0 aromatic rings. The van der Waals surface area contributed by atoms with Gasteiger partial charge in [-0.05, 0) is 0 Å². The number of aliphatic carboxylic acids is 1. The van der Waals surface area contributed by atoms with Crippen molar-refractivity contribution in [1.29, 1.82) is 0 Å². The van der Waals surface area contributed by atoms with Crippen LogP contribution in [0.4, 0.5) is 0 Å². The molecule has 0 aliphatic rings. The number of quaternary nitrogens is 1. The van der Waals surface area contributed by atoms with Crippen LogP contribution in [0.15, 0.2) is 0 Å². The predicted octanol–water partition coefficient (Wildman–Crippen LogP) is -4.49. The molecule has 10 heavy (non-hydrogen) atoms. The van der Waals surface area contributed by atoms with Gasteiger partial charge in [0.15, 0.2) is 6.54 Å². The molecule has 0 aliphatic carbocycles. The van der Waals surface area contributed by atoms with Crippen molar-refractivity contribution in [2.75, 3.05) is 6.54 Å². The molecule has 0 aromatic carbocycles. The van der Waals surface area contributed by atoms with Crippen LogP contribution < -0.4 is 9.83 Å². The first-order chi connectivity index (χ1) is 4.27. The van der Waals surface area contributed by atoms with Crippen LogP contribution in [0, 0.1) is 0 Å². The summed E-state index contributed by atoms with van der Waals surface area (Å²) in [6.45, 7) is -0.0278. The van der Waals surface area contributed by atoms with E-state index in [0.29, 0.717) is 0 Å². The average Bonchev–Trinajstić information content (AvgIpc) is 1.61. The van der Waals surface area contributed by atoms with E-state index in [4.69, 9.17) is 21.1 Å². The molecular formula is C2H8AsNO6.